The molecule has 0 aliphatic heterocycles. The molecule has 0 unspecified atom stereocenters. The van der Waals surface area contributed by atoms with Gasteiger partial charge in [-0.25, -0.2) is 0 Å². The summed E-state index contributed by atoms with van der Waals surface area (Å²) in [5.41, 5.74) is 6.85. The monoisotopic (exact) mass is 282 g/mol. The number of hydrogen-bond acceptors (Lipinski definition) is 5. The molecule has 3 N–H and O–H groups in total. The maximum atomic E-state index is 11.8. The highest BCUT2D eigenvalue weighted by Crippen LogP contribution is 2.45. The number of Topliss-reactive ketones (excluding diaryl/α,β-unsaturated/α-hetero) is 1. The Kier molecular flexibility index (Phi) is 4.04. The van der Waals surface area contributed by atoms with E-state index in [-0.39, 0.29) is 5.78 Å². The molecule has 1 aromatic heterocycles. The van der Waals surface area contributed by atoms with Crippen molar-refractivity contribution in [1.82, 2.24) is 0 Å². The van der Waals surface area contributed by atoms with Crippen molar-refractivity contribution in [2.75, 3.05) is 24.7 Å². The van der Waals surface area contributed by atoms with E-state index < -0.39 is 0 Å². The van der Waals surface area contributed by atoms with Crippen molar-refractivity contribution >= 4 is 27.8 Å². The van der Waals surface area contributed by atoms with Gasteiger partial charge in [0.15, 0.2) is 11.5 Å². The Morgan fingerprint density at radius 1 is 1.53 bits per heavy atom. The van der Waals surface area contributed by atoms with Crippen LogP contribution in [-0.4, -0.2) is 19.4 Å². The minimum atomic E-state index is 0.0729. The highest BCUT2D eigenvalue weighted by atomic mass is 32.1. The van der Waals surface area contributed by atoms with Crippen LogP contribution in [0.4, 0.5) is 10.7 Å². The predicted molar refractivity (Wildman–Crippen MR) is 80.4 cm³/mol. The molecule has 1 saturated carbocycles. The molecule has 0 atom stereocenters. The topological polar surface area (TPSA) is 64.3 Å². The van der Waals surface area contributed by atoms with Crippen molar-refractivity contribution in [1.29, 1.82) is 0 Å². The Bertz CT molecular complexity index is 478. The lowest BCUT2D eigenvalue weighted by Gasteiger charge is -2.38. The molecule has 0 saturated heterocycles. The first-order chi connectivity index (χ1) is 9.00. The largest absolute Gasteiger partial charge is 0.492 e. The first kappa shape index (κ1) is 14.2. The number of methoxy groups -OCH3 is 1. The molecule has 1 fully saturated rings. The number of ether oxygens (including phenoxy) is 1. The van der Waals surface area contributed by atoms with Crippen LogP contribution >= 0.6 is 11.3 Å². The van der Waals surface area contributed by atoms with E-state index in [0.29, 0.717) is 28.1 Å². The van der Waals surface area contributed by atoms with Crippen LogP contribution in [-0.2, 0) is 0 Å². The van der Waals surface area contributed by atoms with Gasteiger partial charge in [-0.3, -0.25) is 4.79 Å². The number of carbonyl (C=O) groups is 1. The summed E-state index contributed by atoms with van der Waals surface area (Å²) in [7, 11) is 1.59. The summed E-state index contributed by atoms with van der Waals surface area (Å²) in [6.07, 6.45) is 4.28. The van der Waals surface area contributed by atoms with Gasteiger partial charge in [0.2, 0.25) is 0 Å². The maximum Gasteiger partial charge on any atom is 0.176 e. The zero-order valence-electron chi connectivity index (χ0n) is 11.8. The number of thiophene rings is 1. The summed E-state index contributed by atoms with van der Waals surface area (Å²) in [6, 6.07) is 0. The van der Waals surface area contributed by atoms with Crippen molar-refractivity contribution in [3.8, 4) is 5.75 Å². The first-order valence-electron chi connectivity index (χ1n) is 6.74. The van der Waals surface area contributed by atoms with Gasteiger partial charge >= 0.3 is 0 Å². The van der Waals surface area contributed by atoms with Gasteiger partial charge in [-0.2, -0.15) is 0 Å². The Balaban J connectivity index is 2.17. The molecule has 5 heteroatoms. The van der Waals surface area contributed by atoms with Crippen LogP contribution < -0.4 is 15.8 Å². The van der Waals surface area contributed by atoms with Crippen molar-refractivity contribution in [2.24, 2.45) is 5.41 Å². The predicted octanol–water partition coefficient (Wildman–Crippen LogP) is 3.53. The van der Waals surface area contributed by atoms with Gasteiger partial charge in [-0.15, -0.1) is 11.3 Å². The molecular weight excluding hydrogens is 260 g/mol. The molecule has 19 heavy (non-hydrogen) atoms. The van der Waals surface area contributed by atoms with E-state index in [2.05, 4.69) is 12.2 Å². The zero-order valence-corrected chi connectivity index (χ0v) is 12.7. The third-order valence-corrected chi connectivity index (χ3v) is 5.10. The smallest absolute Gasteiger partial charge is 0.176 e. The van der Waals surface area contributed by atoms with E-state index in [1.165, 1.54) is 30.6 Å². The summed E-state index contributed by atoms with van der Waals surface area (Å²) in [6.45, 7) is 5.03. The molecular formula is C14H22N2O2S. The highest BCUT2D eigenvalue weighted by Gasteiger charge is 2.32. The second kappa shape index (κ2) is 5.41. The van der Waals surface area contributed by atoms with Crippen LogP contribution in [0.2, 0.25) is 0 Å². The zero-order chi connectivity index (χ0) is 14.0. The summed E-state index contributed by atoms with van der Waals surface area (Å²) >= 11 is 1.41. The summed E-state index contributed by atoms with van der Waals surface area (Å²) in [4.78, 5) is 12.4. The average Bonchev–Trinajstić information content (AvgIpc) is 2.69. The Hall–Kier alpha value is -1.23. The summed E-state index contributed by atoms with van der Waals surface area (Å²) < 4.78 is 5.34. The Labute approximate surface area is 118 Å². The Morgan fingerprint density at radius 2 is 2.21 bits per heavy atom. The fraction of sp³-hybridized carbons (Fsp3) is 0.643. The number of nitrogen functional groups attached to an aromatic ring is 1. The second-order valence-electron chi connectivity index (χ2n) is 5.50. The molecule has 1 heterocycles. The molecule has 1 aromatic rings. The standard InChI is InChI=1S/C14H22N2O2S/c1-4-9(17)12-10(15)11(18-3)13(19-12)16-8-14(2)6-5-7-14/h16H,4-8,15H2,1-3H3. The number of nitrogens with two attached hydrogens (primary N) is 1. The van der Waals surface area contributed by atoms with E-state index in [0.717, 1.165) is 11.5 Å². The van der Waals surface area contributed by atoms with Crippen molar-refractivity contribution < 1.29 is 9.53 Å². The SMILES string of the molecule is CCC(=O)c1sc(NCC2(C)CCC2)c(OC)c1N. The van der Waals surface area contributed by atoms with Gasteiger partial charge in [-0.05, 0) is 18.3 Å². The average molecular weight is 282 g/mol. The number of rotatable bonds is 6. The van der Waals surface area contributed by atoms with Gasteiger partial charge in [0.05, 0.1) is 17.7 Å². The van der Waals surface area contributed by atoms with Crippen molar-refractivity contribution in [3.63, 3.8) is 0 Å². The van der Waals surface area contributed by atoms with Crippen molar-refractivity contribution in [2.45, 2.75) is 39.5 Å². The number of anilines is 2. The van der Waals surface area contributed by atoms with Crippen LogP contribution in [0.1, 0.15) is 49.2 Å². The quantitative estimate of drug-likeness (QED) is 0.783. The number of carbonyl (C=O) groups excluding carboxylic acids is 1. The van der Waals surface area contributed by atoms with Gasteiger partial charge in [0.1, 0.15) is 5.00 Å². The van der Waals surface area contributed by atoms with Crippen molar-refractivity contribution in [3.05, 3.63) is 4.88 Å². The molecule has 0 spiro atoms. The minimum absolute atomic E-state index is 0.0729. The first-order valence-corrected chi connectivity index (χ1v) is 7.55. The van der Waals surface area contributed by atoms with E-state index in [9.17, 15) is 4.79 Å². The molecule has 1 aliphatic rings. The number of ketones is 1. The van der Waals surface area contributed by atoms with Crippen LogP contribution in [0.15, 0.2) is 0 Å². The number of hydrogen-bond donors (Lipinski definition) is 2. The molecule has 0 amide bonds. The molecule has 0 bridgehead atoms. The van der Waals surface area contributed by atoms with E-state index in [4.69, 9.17) is 10.5 Å². The summed E-state index contributed by atoms with van der Waals surface area (Å²) in [5, 5.41) is 4.29. The van der Waals surface area contributed by atoms with E-state index >= 15 is 0 Å². The maximum absolute atomic E-state index is 11.8. The third kappa shape index (κ3) is 2.71. The summed E-state index contributed by atoms with van der Waals surface area (Å²) in [5.74, 6) is 0.688. The van der Waals surface area contributed by atoms with Crippen LogP contribution in [0, 0.1) is 5.41 Å². The minimum Gasteiger partial charge on any atom is -0.492 e. The van der Waals surface area contributed by atoms with Gasteiger partial charge in [0.25, 0.3) is 0 Å². The highest BCUT2D eigenvalue weighted by molar-refractivity contribution is 7.19. The van der Waals surface area contributed by atoms with Gasteiger partial charge in [-0.1, -0.05) is 20.3 Å². The lowest BCUT2D eigenvalue weighted by molar-refractivity contribution is 0.0992. The molecule has 1 aliphatic carbocycles. The van der Waals surface area contributed by atoms with Gasteiger partial charge < -0.3 is 15.8 Å². The fourth-order valence-corrected chi connectivity index (χ4v) is 3.46. The van der Waals surface area contributed by atoms with Gasteiger partial charge in [0, 0.05) is 13.0 Å². The van der Waals surface area contributed by atoms with E-state index in [1.54, 1.807) is 7.11 Å². The van der Waals surface area contributed by atoms with E-state index in [1.807, 2.05) is 6.92 Å². The number of nitrogens with one attached hydrogen (secondary N) is 1. The molecule has 0 aromatic carbocycles. The normalized spacial score (nSPS) is 16.8. The second-order valence-corrected chi connectivity index (χ2v) is 6.52. The lowest BCUT2D eigenvalue weighted by atomic mass is 9.70. The van der Waals surface area contributed by atoms with Crippen LogP contribution in [0.5, 0.6) is 5.75 Å². The molecule has 2 rings (SSSR count). The van der Waals surface area contributed by atoms with Crippen LogP contribution in [0.25, 0.3) is 0 Å². The molecule has 4 nitrogen and oxygen atoms in total. The van der Waals surface area contributed by atoms with Crippen LogP contribution in [0.3, 0.4) is 0 Å². The molecule has 0 radical (unpaired) electrons. The Morgan fingerprint density at radius 3 is 2.68 bits per heavy atom. The lowest BCUT2D eigenvalue weighted by Crippen LogP contribution is -2.33. The third-order valence-electron chi connectivity index (χ3n) is 3.91. The fourth-order valence-electron chi connectivity index (χ4n) is 2.37. The molecule has 106 valence electrons.